The fraction of sp³-hybridized carbons (Fsp3) is 0.450. The summed E-state index contributed by atoms with van der Waals surface area (Å²) in [6.07, 6.45) is 1.99. The van der Waals surface area contributed by atoms with Gasteiger partial charge in [0.2, 0.25) is 5.91 Å². The minimum Gasteiger partial charge on any atom is -0.337 e. The van der Waals surface area contributed by atoms with Crippen LogP contribution in [-0.2, 0) is 17.1 Å². The fourth-order valence-electron chi connectivity index (χ4n) is 3.23. The van der Waals surface area contributed by atoms with Crippen molar-refractivity contribution < 1.29 is 4.79 Å². The molecule has 0 bridgehead atoms. The van der Waals surface area contributed by atoms with Gasteiger partial charge in [-0.2, -0.15) is 5.26 Å². The van der Waals surface area contributed by atoms with Gasteiger partial charge in [0.05, 0.1) is 27.8 Å². The molecule has 1 fully saturated rings. The highest BCUT2D eigenvalue weighted by atomic mass is 32.2. The molecule has 1 aliphatic rings. The number of nitrogens with zero attached hydrogens (tertiary/aromatic N) is 5. The molecule has 1 saturated carbocycles. The van der Waals surface area contributed by atoms with Crippen molar-refractivity contribution in [3.05, 3.63) is 30.1 Å². The zero-order valence-electron chi connectivity index (χ0n) is 16.8. The Hall–Kier alpha value is -2.09. The first-order chi connectivity index (χ1) is 14.5. The Morgan fingerprint density at radius 1 is 1.37 bits per heavy atom. The highest BCUT2D eigenvalue weighted by Gasteiger charge is 2.42. The molecular formula is C20H22N6OS3. The second kappa shape index (κ2) is 8.96. The second-order valence-corrected chi connectivity index (χ2v) is 10.5. The van der Waals surface area contributed by atoms with Gasteiger partial charge in [-0.3, -0.25) is 4.79 Å². The molecule has 10 heteroatoms. The number of fused-ring (bicyclic) bond motifs is 1. The zero-order chi connectivity index (χ0) is 21.1. The molecule has 30 heavy (non-hydrogen) atoms. The van der Waals surface area contributed by atoms with E-state index in [9.17, 15) is 10.1 Å². The summed E-state index contributed by atoms with van der Waals surface area (Å²) in [7, 11) is 0. The summed E-state index contributed by atoms with van der Waals surface area (Å²) in [6.45, 7) is 4.57. The maximum Gasteiger partial charge on any atom is 0.231 e. The number of aromatic nitrogens is 4. The van der Waals surface area contributed by atoms with Gasteiger partial charge >= 0.3 is 0 Å². The lowest BCUT2D eigenvalue weighted by Crippen LogP contribution is -2.47. The lowest BCUT2D eigenvalue weighted by molar-refractivity contribution is -0.119. The minimum absolute atomic E-state index is 0.146. The van der Waals surface area contributed by atoms with Gasteiger partial charge < -0.3 is 9.88 Å². The first kappa shape index (κ1) is 21.2. The molecule has 1 N–H and O–H groups in total. The summed E-state index contributed by atoms with van der Waals surface area (Å²) in [5, 5.41) is 21.6. The van der Waals surface area contributed by atoms with Crippen molar-refractivity contribution in [3.8, 4) is 6.07 Å². The van der Waals surface area contributed by atoms with Crippen LogP contribution in [0.4, 0.5) is 0 Å². The molecule has 3 aromatic rings. The predicted molar refractivity (Wildman–Crippen MR) is 120 cm³/mol. The van der Waals surface area contributed by atoms with E-state index in [1.165, 1.54) is 16.5 Å². The van der Waals surface area contributed by atoms with Crippen molar-refractivity contribution in [2.24, 2.45) is 5.92 Å². The van der Waals surface area contributed by atoms with Gasteiger partial charge in [0.25, 0.3) is 0 Å². The van der Waals surface area contributed by atoms with E-state index < -0.39 is 5.54 Å². The van der Waals surface area contributed by atoms with Crippen molar-refractivity contribution in [2.75, 3.05) is 5.75 Å². The molecule has 7 nitrogen and oxygen atoms in total. The Bertz CT molecular complexity index is 1070. The number of carbonyl (C=O) groups excluding carboxylic acids is 1. The van der Waals surface area contributed by atoms with Crippen LogP contribution in [0.2, 0.25) is 0 Å². The van der Waals surface area contributed by atoms with E-state index in [0.29, 0.717) is 5.75 Å². The van der Waals surface area contributed by atoms with Crippen LogP contribution in [0, 0.1) is 17.2 Å². The van der Waals surface area contributed by atoms with Crippen molar-refractivity contribution in [1.82, 2.24) is 25.1 Å². The number of thioether (sulfide) groups is 2. The number of hydrogen-bond donors (Lipinski definition) is 1. The summed E-state index contributed by atoms with van der Waals surface area (Å²) >= 11 is 4.68. The third-order valence-corrected chi connectivity index (χ3v) is 8.21. The van der Waals surface area contributed by atoms with E-state index in [1.54, 1.807) is 30.0 Å². The normalized spacial score (nSPS) is 15.6. The standard InChI is InChI=1S/C20H22N6OS3/c1-3-26-16(10-29-19-22-14-6-4-5-7-15(14)30-19)24-25-18(26)28-11-17(27)23-20(2,12-21)13-8-9-13/h4-7,13H,3,8-11H2,1-2H3,(H,23,27). The Morgan fingerprint density at radius 3 is 2.87 bits per heavy atom. The van der Waals surface area contributed by atoms with Gasteiger partial charge in [0, 0.05) is 6.54 Å². The summed E-state index contributed by atoms with van der Waals surface area (Å²) in [6, 6.07) is 10.4. The number of benzene rings is 1. The SMILES string of the molecule is CCn1c(CSc2nc3ccccc3s2)nnc1SCC(=O)NC(C)(C#N)C1CC1. The third kappa shape index (κ3) is 4.63. The van der Waals surface area contributed by atoms with Gasteiger partial charge in [-0.15, -0.1) is 21.5 Å². The second-order valence-electron chi connectivity index (χ2n) is 7.30. The van der Waals surface area contributed by atoms with Gasteiger partial charge in [0.15, 0.2) is 9.50 Å². The summed E-state index contributed by atoms with van der Waals surface area (Å²) < 4.78 is 4.21. The first-order valence-corrected chi connectivity index (χ1v) is 12.6. The molecule has 0 spiro atoms. The van der Waals surface area contributed by atoms with Crippen LogP contribution < -0.4 is 5.32 Å². The fourth-order valence-corrected chi connectivity index (χ4v) is 6.06. The highest BCUT2D eigenvalue weighted by Crippen LogP contribution is 2.39. The first-order valence-electron chi connectivity index (χ1n) is 9.78. The average Bonchev–Trinajstić information content (AvgIpc) is 3.42. The lowest BCUT2D eigenvalue weighted by atomic mass is 9.98. The molecule has 2 heterocycles. The molecule has 1 atom stereocenters. The smallest absolute Gasteiger partial charge is 0.231 e. The highest BCUT2D eigenvalue weighted by molar-refractivity contribution is 8.00. The molecule has 1 aromatic carbocycles. The number of thiazole rings is 1. The van der Waals surface area contributed by atoms with Crippen LogP contribution in [0.3, 0.4) is 0 Å². The Kier molecular flexibility index (Phi) is 6.32. The molecular weight excluding hydrogens is 436 g/mol. The van der Waals surface area contributed by atoms with Gasteiger partial charge in [-0.25, -0.2) is 4.98 Å². The Labute approximate surface area is 187 Å². The van der Waals surface area contributed by atoms with Crippen molar-refractivity contribution in [1.29, 1.82) is 5.26 Å². The van der Waals surface area contributed by atoms with Crippen molar-refractivity contribution in [3.63, 3.8) is 0 Å². The Morgan fingerprint density at radius 2 is 2.17 bits per heavy atom. The predicted octanol–water partition coefficient (Wildman–Crippen LogP) is 4.10. The van der Waals surface area contributed by atoms with Crippen LogP contribution in [0.15, 0.2) is 33.8 Å². The van der Waals surface area contributed by atoms with E-state index in [2.05, 4.69) is 32.6 Å². The van der Waals surface area contributed by atoms with Gasteiger partial charge in [-0.1, -0.05) is 35.7 Å². The summed E-state index contributed by atoms with van der Waals surface area (Å²) in [4.78, 5) is 17.0. The molecule has 1 amide bonds. The molecule has 2 aromatic heterocycles. The molecule has 1 aliphatic carbocycles. The maximum absolute atomic E-state index is 12.4. The van der Waals surface area contributed by atoms with Crippen LogP contribution in [0.1, 0.15) is 32.5 Å². The quantitative estimate of drug-likeness (QED) is 0.482. The molecule has 0 radical (unpaired) electrons. The van der Waals surface area contributed by atoms with Crippen molar-refractivity contribution >= 4 is 51.0 Å². The molecule has 156 valence electrons. The minimum atomic E-state index is -0.769. The Balaban J connectivity index is 1.36. The summed E-state index contributed by atoms with van der Waals surface area (Å²) in [5.74, 6) is 1.87. The summed E-state index contributed by atoms with van der Waals surface area (Å²) in [5.41, 5.74) is 0.245. The number of carbonyl (C=O) groups is 1. The average molecular weight is 459 g/mol. The molecule has 1 unspecified atom stereocenters. The van der Waals surface area contributed by atoms with E-state index >= 15 is 0 Å². The van der Waals surface area contributed by atoms with Crippen LogP contribution in [0.25, 0.3) is 10.2 Å². The molecule has 0 aliphatic heterocycles. The third-order valence-electron chi connectivity index (χ3n) is 5.07. The van der Waals surface area contributed by atoms with Gasteiger partial charge in [0.1, 0.15) is 11.4 Å². The maximum atomic E-state index is 12.4. The zero-order valence-corrected chi connectivity index (χ0v) is 19.2. The van der Waals surface area contributed by atoms with Crippen LogP contribution in [-0.4, -0.2) is 36.9 Å². The number of amides is 1. The van der Waals surface area contributed by atoms with Crippen molar-refractivity contribution in [2.45, 2.75) is 54.0 Å². The van der Waals surface area contributed by atoms with Crippen LogP contribution in [0.5, 0.6) is 0 Å². The van der Waals surface area contributed by atoms with E-state index in [1.807, 2.05) is 29.7 Å². The number of para-hydroxylation sites is 1. The topological polar surface area (TPSA) is 96.5 Å². The van der Waals surface area contributed by atoms with E-state index in [4.69, 9.17) is 0 Å². The van der Waals surface area contributed by atoms with E-state index in [0.717, 1.165) is 40.2 Å². The van der Waals surface area contributed by atoms with Gasteiger partial charge in [-0.05, 0) is 44.7 Å². The molecule has 0 saturated heterocycles. The lowest BCUT2D eigenvalue weighted by Gasteiger charge is -2.22. The van der Waals surface area contributed by atoms with Crippen LogP contribution >= 0.6 is 34.9 Å². The monoisotopic (exact) mass is 458 g/mol. The van der Waals surface area contributed by atoms with E-state index in [-0.39, 0.29) is 17.6 Å². The largest absolute Gasteiger partial charge is 0.337 e. The number of rotatable bonds is 9. The number of nitriles is 1. The molecule has 4 rings (SSSR count). The number of nitrogens with one attached hydrogen (secondary N) is 1. The number of hydrogen-bond acceptors (Lipinski definition) is 8.